The Labute approximate surface area is 130 Å². The monoisotopic (exact) mass is 327 g/mol. The number of nitrogens with zero attached hydrogens (tertiary/aromatic N) is 2. The van der Waals surface area contributed by atoms with Gasteiger partial charge in [0, 0.05) is 36.6 Å². The fourth-order valence-electron chi connectivity index (χ4n) is 2.81. The van der Waals surface area contributed by atoms with Gasteiger partial charge in [-0.05, 0) is 18.6 Å². The van der Waals surface area contributed by atoms with Crippen molar-refractivity contribution in [3.63, 3.8) is 0 Å². The molecule has 1 fully saturated rings. The van der Waals surface area contributed by atoms with Crippen molar-refractivity contribution in [3.8, 4) is 17.1 Å². The third-order valence-corrected chi connectivity index (χ3v) is 3.81. The van der Waals surface area contributed by atoms with E-state index in [2.05, 4.69) is 15.0 Å². The standard InChI is InChI=1S/C15H16F3N3O2/c16-15(17,18)23-13-3-1-2-10(6-13)14-19-4-5-21(14)12-7-11(9-22)20-8-12/h1-6,11-12,20,22H,7-9H2/t11-,12-/m0/s1. The van der Waals surface area contributed by atoms with Crippen LogP contribution in [0, 0.1) is 0 Å². The molecule has 0 aliphatic carbocycles. The molecule has 1 aromatic heterocycles. The van der Waals surface area contributed by atoms with Crippen LogP contribution in [-0.2, 0) is 0 Å². The second-order valence-corrected chi connectivity index (χ2v) is 5.41. The lowest BCUT2D eigenvalue weighted by atomic mass is 10.1. The van der Waals surface area contributed by atoms with Gasteiger partial charge < -0.3 is 19.7 Å². The van der Waals surface area contributed by atoms with Gasteiger partial charge in [0.05, 0.1) is 6.61 Å². The Balaban J connectivity index is 1.86. The Hall–Kier alpha value is -2.06. The maximum Gasteiger partial charge on any atom is 0.573 e. The van der Waals surface area contributed by atoms with Gasteiger partial charge >= 0.3 is 6.36 Å². The molecule has 0 bridgehead atoms. The molecule has 1 aliphatic heterocycles. The first-order valence-corrected chi connectivity index (χ1v) is 7.19. The van der Waals surface area contributed by atoms with Crippen molar-refractivity contribution in [2.75, 3.05) is 13.2 Å². The van der Waals surface area contributed by atoms with E-state index in [1.807, 2.05) is 4.57 Å². The summed E-state index contributed by atoms with van der Waals surface area (Å²) in [4.78, 5) is 4.26. The third kappa shape index (κ3) is 3.65. The van der Waals surface area contributed by atoms with Crippen molar-refractivity contribution in [1.82, 2.24) is 14.9 Å². The van der Waals surface area contributed by atoms with Gasteiger partial charge in [0.1, 0.15) is 11.6 Å². The third-order valence-electron chi connectivity index (χ3n) is 3.81. The molecule has 8 heteroatoms. The van der Waals surface area contributed by atoms with E-state index < -0.39 is 6.36 Å². The summed E-state index contributed by atoms with van der Waals surface area (Å²) in [6.45, 7) is 0.725. The number of halogens is 3. The highest BCUT2D eigenvalue weighted by molar-refractivity contribution is 5.58. The second-order valence-electron chi connectivity index (χ2n) is 5.41. The van der Waals surface area contributed by atoms with E-state index in [1.54, 1.807) is 18.5 Å². The highest BCUT2D eigenvalue weighted by atomic mass is 19.4. The summed E-state index contributed by atoms with van der Waals surface area (Å²) in [7, 11) is 0. The number of aliphatic hydroxyl groups is 1. The Morgan fingerprint density at radius 2 is 2.22 bits per heavy atom. The van der Waals surface area contributed by atoms with Crippen LogP contribution in [0.3, 0.4) is 0 Å². The maximum atomic E-state index is 12.3. The van der Waals surface area contributed by atoms with Crippen LogP contribution in [0.4, 0.5) is 13.2 Å². The van der Waals surface area contributed by atoms with Crippen LogP contribution < -0.4 is 10.1 Å². The van der Waals surface area contributed by atoms with Gasteiger partial charge in [-0.1, -0.05) is 12.1 Å². The highest BCUT2D eigenvalue weighted by Gasteiger charge is 2.31. The quantitative estimate of drug-likeness (QED) is 0.905. The first-order valence-electron chi connectivity index (χ1n) is 7.19. The summed E-state index contributed by atoms with van der Waals surface area (Å²) in [5.74, 6) is 0.297. The number of aromatic nitrogens is 2. The molecule has 3 rings (SSSR count). The van der Waals surface area contributed by atoms with Crippen LogP contribution in [0.25, 0.3) is 11.4 Å². The summed E-state index contributed by atoms with van der Waals surface area (Å²) in [5.41, 5.74) is 0.546. The molecular weight excluding hydrogens is 311 g/mol. The summed E-state index contributed by atoms with van der Waals surface area (Å²) in [6, 6.07) is 5.88. The first-order chi connectivity index (χ1) is 11.0. The van der Waals surface area contributed by atoms with Crippen LogP contribution in [0.5, 0.6) is 5.75 Å². The number of imidazole rings is 1. The molecule has 0 radical (unpaired) electrons. The van der Waals surface area contributed by atoms with Gasteiger partial charge in [-0.3, -0.25) is 0 Å². The number of rotatable bonds is 4. The van der Waals surface area contributed by atoms with Gasteiger partial charge in [0.2, 0.25) is 0 Å². The van der Waals surface area contributed by atoms with Crippen LogP contribution >= 0.6 is 0 Å². The number of nitrogens with one attached hydrogen (secondary N) is 1. The molecule has 0 amide bonds. The van der Waals surface area contributed by atoms with Crippen molar-refractivity contribution >= 4 is 0 Å². The SMILES string of the molecule is OC[C@@H]1C[C@H](n2ccnc2-c2cccc(OC(F)(F)F)c2)CN1. The van der Waals surface area contributed by atoms with Crippen molar-refractivity contribution in [2.45, 2.75) is 24.9 Å². The van der Waals surface area contributed by atoms with Gasteiger partial charge in [0.25, 0.3) is 0 Å². The Bertz CT molecular complexity index is 672. The van der Waals surface area contributed by atoms with Crippen LogP contribution in [0.15, 0.2) is 36.7 Å². The topological polar surface area (TPSA) is 59.3 Å². The smallest absolute Gasteiger partial charge is 0.406 e. The first kappa shape index (κ1) is 15.8. The van der Waals surface area contributed by atoms with Crippen molar-refractivity contribution < 1.29 is 23.0 Å². The molecule has 5 nitrogen and oxygen atoms in total. The molecule has 1 aromatic carbocycles. The molecule has 2 heterocycles. The lowest BCUT2D eigenvalue weighted by molar-refractivity contribution is -0.274. The van der Waals surface area contributed by atoms with E-state index in [4.69, 9.17) is 0 Å². The maximum absolute atomic E-state index is 12.3. The minimum atomic E-state index is -4.72. The van der Waals surface area contributed by atoms with E-state index >= 15 is 0 Å². The molecule has 0 saturated carbocycles. The summed E-state index contributed by atoms with van der Waals surface area (Å²) < 4.78 is 42.9. The minimum absolute atomic E-state index is 0.0233. The van der Waals surface area contributed by atoms with E-state index in [-0.39, 0.29) is 24.4 Å². The van der Waals surface area contributed by atoms with Crippen LogP contribution in [0.1, 0.15) is 12.5 Å². The molecule has 2 atom stereocenters. The second kappa shape index (κ2) is 6.21. The average Bonchev–Trinajstić information content (AvgIpc) is 3.14. The van der Waals surface area contributed by atoms with Gasteiger partial charge in [-0.2, -0.15) is 0 Å². The number of ether oxygens (including phenoxy) is 1. The van der Waals surface area contributed by atoms with Gasteiger partial charge in [-0.15, -0.1) is 13.2 Å². The average molecular weight is 327 g/mol. The van der Waals surface area contributed by atoms with E-state index in [0.717, 1.165) is 6.42 Å². The number of aliphatic hydroxyl groups excluding tert-OH is 1. The molecule has 2 aromatic rings. The molecular formula is C15H16F3N3O2. The normalized spacial score (nSPS) is 21.6. The highest BCUT2D eigenvalue weighted by Crippen LogP contribution is 2.30. The number of benzene rings is 1. The molecule has 2 N–H and O–H groups in total. The van der Waals surface area contributed by atoms with Gasteiger partial charge in [-0.25, -0.2) is 4.98 Å². The predicted molar refractivity (Wildman–Crippen MR) is 76.9 cm³/mol. The Morgan fingerprint density at radius 3 is 2.91 bits per heavy atom. The molecule has 0 unspecified atom stereocenters. The molecule has 124 valence electrons. The van der Waals surface area contributed by atoms with Crippen LogP contribution in [-0.4, -0.2) is 40.2 Å². The summed E-state index contributed by atoms with van der Waals surface area (Å²) in [5, 5.41) is 12.4. The lowest BCUT2D eigenvalue weighted by Gasteiger charge is -2.15. The van der Waals surface area contributed by atoms with Crippen molar-refractivity contribution in [3.05, 3.63) is 36.7 Å². The predicted octanol–water partition coefficient (Wildman–Crippen LogP) is 2.34. The minimum Gasteiger partial charge on any atom is -0.406 e. The zero-order valence-electron chi connectivity index (χ0n) is 12.1. The molecule has 1 aliphatic rings. The molecule has 23 heavy (non-hydrogen) atoms. The van der Waals surface area contributed by atoms with E-state index in [0.29, 0.717) is 17.9 Å². The molecule has 1 saturated heterocycles. The number of alkyl halides is 3. The zero-order chi connectivity index (χ0) is 16.4. The van der Waals surface area contributed by atoms with Crippen molar-refractivity contribution in [2.24, 2.45) is 0 Å². The summed E-state index contributed by atoms with van der Waals surface area (Å²) >= 11 is 0. The summed E-state index contributed by atoms with van der Waals surface area (Å²) in [6.07, 6.45) is -0.589. The lowest BCUT2D eigenvalue weighted by Crippen LogP contribution is -2.24. The van der Waals surface area contributed by atoms with Crippen molar-refractivity contribution in [1.29, 1.82) is 0 Å². The zero-order valence-corrected chi connectivity index (χ0v) is 12.1. The Morgan fingerprint density at radius 1 is 1.39 bits per heavy atom. The molecule has 0 spiro atoms. The van der Waals surface area contributed by atoms with Gasteiger partial charge in [0.15, 0.2) is 0 Å². The fourth-order valence-corrected chi connectivity index (χ4v) is 2.81. The largest absolute Gasteiger partial charge is 0.573 e. The van der Waals surface area contributed by atoms with Crippen LogP contribution in [0.2, 0.25) is 0 Å². The Kier molecular flexibility index (Phi) is 4.27. The fraction of sp³-hybridized carbons (Fsp3) is 0.400. The number of hydrogen-bond acceptors (Lipinski definition) is 4. The number of hydrogen-bond donors (Lipinski definition) is 2. The van der Waals surface area contributed by atoms with E-state index in [1.165, 1.54) is 18.2 Å². The van der Waals surface area contributed by atoms with E-state index in [9.17, 15) is 18.3 Å².